The molecule has 2 rings (SSSR count). The number of hydrogen-bond acceptors (Lipinski definition) is 4. The highest BCUT2D eigenvalue weighted by atomic mass is 16.5. The van der Waals surface area contributed by atoms with Crippen molar-refractivity contribution in [2.75, 3.05) is 13.7 Å². The van der Waals surface area contributed by atoms with Crippen molar-refractivity contribution in [3.63, 3.8) is 0 Å². The van der Waals surface area contributed by atoms with E-state index in [4.69, 9.17) is 4.74 Å². The summed E-state index contributed by atoms with van der Waals surface area (Å²) in [5.41, 5.74) is 0. The maximum absolute atomic E-state index is 5.61. The van der Waals surface area contributed by atoms with Gasteiger partial charge in [-0.3, -0.25) is 0 Å². The molecule has 1 saturated heterocycles. The molecule has 82 valence electrons. The molecule has 2 heterocycles. The fourth-order valence-electron chi connectivity index (χ4n) is 1.94. The van der Waals surface area contributed by atoms with Gasteiger partial charge in [-0.05, 0) is 32.4 Å². The van der Waals surface area contributed by atoms with Crippen LogP contribution < -0.4 is 5.32 Å². The van der Waals surface area contributed by atoms with Crippen LogP contribution in [-0.4, -0.2) is 29.7 Å². The van der Waals surface area contributed by atoms with E-state index in [1.807, 2.05) is 13.1 Å². The highest BCUT2D eigenvalue weighted by Gasteiger charge is 2.22. The zero-order valence-electron chi connectivity index (χ0n) is 9.02. The average molecular weight is 207 g/mol. The molecule has 0 amide bonds. The van der Waals surface area contributed by atoms with Crippen LogP contribution in [0.2, 0.25) is 0 Å². The van der Waals surface area contributed by atoms with Crippen LogP contribution in [0, 0.1) is 0 Å². The summed E-state index contributed by atoms with van der Waals surface area (Å²) in [5, 5.41) is 3.24. The van der Waals surface area contributed by atoms with E-state index in [0.717, 1.165) is 25.3 Å². The minimum absolute atomic E-state index is 0.203. The monoisotopic (exact) mass is 207 g/mol. The summed E-state index contributed by atoms with van der Waals surface area (Å²) in [4.78, 5) is 8.53. The van der Waals surface area contributed by atoms with Gasteiger partial charge in [-0.15, -0.1) is 0 Å². The van der Waals surface area contributed by atoms with Crippen LogP contribution in [0.3, 0.4) is 0 Å². The molecule has 0 aliphatic carbocycles. The highest BCUT2D eigenvalue weighted by molar-refractivity contribution is 4.96. The second kappa shape index (κ2) is 5.19. The van der Waals surface area contributed by atoms with Crippen molar-refractivity contribution < 1.29 is 4.74 Å². The first-order valence-corrected chi connectivity index (χ1v) is 5.46. The topological polar surface area (TPSA) is 47.0 Å². The second-order valence-corrected chi connectivity index (χ2v) is 3.82. The molecule has 1 aliphatic rings. The number of hydrogen-bond donors (Lipinski definition) is 1. The third-order valence-corrected chi connectivity index (χ3v) is 2.77. The van der Waals surface area contributed by atoms with E-state index in [0.29, 0.717) is 6.10 Å². The Bertz CT molecular complexity index is 285. The molecule has 0 bridgehead atoms. The molecule has 1 aromatic rings. The standard InChI is InChI=1S/C11H17N3O/c1-12-10(8-9-4-2-7-15-9)11-13-5-3-6-14-11/h3,5-6,9-10,12H,2,4,7-8H2,1H3. The van der Waals surface area contributed by atoms with E-state index >= 15 is 0 Å². The first kappa shape index (κ1) is 10.5. The summed E-state index contributed by atoms with van der Waals surface area (Å²) in [6.07, 6.45) is 7.22. The average Bonchev–Trinajstić information content (AvgIpc) is 2.80. The van der Waals surface area contributed by atoms with E-state index in [9.17, 15) is 0 Å². The Hall–Kier alpha value is -1.00. The SMILES string of the molecule is CNC(CC1CCCO1)c1ncccn1. The van der Waals surface area contributed by atoms with Gasteiger partial charge in [-0.2, -0.15) is 0 Å². The highest BCUT2D eigenvalue weighted by Crippen LogP contribution is 2.22. The van der Waals surface area contributed by atoms with Gasteiger partial charge < -0.3 is 10.1 Å². The molecular weight excluding hydrogens is 190 g/mol. The predicted molar refractivity (Wildman–Crippen MR) is 57.4 cm³/mol. The van der Waals surface area contributed by atoms with E-state index in [-0.39, 0.29) is 6.04 Å². The van der Waals surface area contributed by atoms with Crippen LogP contribution in [0.4, 0.5) is 0 Å². The molecular formula is C11H17N3O. The van der Waals surface area contributed by atoms with Crippen molar-refractivity contribution in [3.05, 3.63) is 24.3 Å². The van der Waals surface area contributed by atoms with Gasteiger partial charge in [0.05, 0.1) is 12.1 Å². The summed E-state index contributed by atoms with van der Waals surface area (Å²) < 4.78 is 5.61. The number of nitrogens with zero attached hydrogens (tertiary/aromatic N) is 2. The molecule has 15 heavy (non-hydrogen) atoms. The van der Waals surface area contributed by atoms with Crippen molar-refractivity contribution in [2.24, 2.45) is 0 Å². The first-order chi connectivity index (χ1) is 7.40. The number of nitrogens with one attached hydrogen (secondary N) is 1. The van der Waals surface area contributed by atoms with E-state index < -0.39 is 0 Å². The molecule has 2 unspecified atom stereocenters. The molecule has 0 saturated carbocycles. The normalized spacial score (nSPS) is 22.9. The van der Waals surface area contributed by atoms with Crippen molar-refractivity contribution in [1.82, 2.24) is 15.3 Å². The minimum Gasteiger partial charge on any atom is -0.378 e. The lowest BCUT2D eigenvalue weighted by Gasteiger charge is -2.18. The molecule has 0 radical (unpaired) electrons. The van der Waals surface area contributed by atoms with Crippen LogP contribution >= 0.6 is 0 Å². The predicted octanol–water partition coefficient (Wildman–Crippen LogP) is 1.31. The van der Waals surface area contributed by atoms with Gasteiger partial charge in [0.25, 0.3) is 0 Å². The summed E-state index contributed by atoms with van der Waals surface area (Å²) in [7, 11) is 1.94. The third-order valence-electron chi connectivity index (χ3n) is 2.77. The zero-order chi connectivity index (χ0) is 10.5. The second-order valence-electron chi connectivity index (χ2n) is 3.82. The Balaban J connectivity index is 1.97. The third kappa shape index (κ3) is 2.73. The van der Waals surface area contributed by atoms with Crippen LogP contribution in [0.15, 0.2) is 18.5 Å². The molecule has 1 fully saturated rings. The largest absolute Gasteiger partial charge is 0.378 e. The summed E-state index contributed by atoms with van der Waals surface area (Å²) >= 11 is 0. The molecule has 4 heteroatoms. The van der Waals surface area contributed by atoms with Gasteiger partial charge >= 0.3 is 0 Å². The number of ether oxygens (including phenoxy) is 1. The number of rotatable bonds is 4. The molecule has 4 nitrogen and oxygen atoms in total. The van der Waals surface area contributed by atoms with Gasteiger partial charge in [-0.25, -0.2) is 9.97 Å². The fourth-order valence-corrected chi connectivity index (χ4v) is 1.94. The molecule has 0 spiro atoms. The Morgan fingerprint density at radius 2 is 2.33 bits per heavy atom. The molecule has 1 aliphatic heterocycles. The quantitative estimate of drug-likeness (QED) is 0.808. The van der Waals surface area contributed by atoms with Crippen LogP contribution in [-0.2, 0) is 4.74 Å². The number of aromatic nitrogens is 2. The lowest BCUT2D eigenvalue weighted by atomic mass is 10.1. The van der Waals surface area contributed by atoms with Crippen molar-refractivity contribution >= 4 is 0 Å². The van der Waals surface area contributed by atoms with Gasteiger partial charge in [0.1, 0.15) is 5.82 Å². The van der Waals surface area contributed by atoms with Crippen molar-refractivity contribution in [3.8, 4) is 0 Å². The summed E-state index contributed by atoms with van der Waals surface area (Å²) in [6, 6.07) is 2.04. The molecule has 1 N–H and O–H groups in total. The summed E-state index contributed by atoms with van der Waals surface area (Å²) in [5.74, 6) is 0.857. The van der Waals surface area contributed by atoms with Gasteiger partial charge in [0.15, 0.2) is 0 Å². The molecule has 0 aromatic carbocycles. The lowest BCUT2D eigenvalue weighted by Crippen LogP contribution is -2.23. The fraction of sp³-hybridized carbons (Fsp3) is 0.636. The Morgan fingerprint density at radius 1 is 1.53 bits per heavy atom. The first-order valence-electron chi connectivity index (χ1n) is 5.46. The van der Waals surface area contributed by atoms with Crippen LogP contribution in [0.1, 0.15) is 31.1 Å². The Kier molecular flexibility index (Phi) is 3.64. The van der Waals surface area contributed by atoms with Crippen LogP contribution in [0.5, 0.6) is 0 Å². The van der Waals surface area contributed by atoms with Gasteiger partial charge in [-0.1, -0.05) is 0 Å². The van der Waals surface area contributed by atoms with Crippen molar-refractivity contribution in [2.45, 2.75) is 31.4 Å². The molecule has 2 atom stereocenters. The smallest absolute Gasteiger partial charge is 0.145 e. The zero-order valence-corrected chi connectivity index (χ0v) is 9.02. The van der Waals surface area contributed by atoms with Crippen LogP contribution in [0.25, 0.3) is 0 Å². The maximum Gasteiger partial charge on any atom is 0.145 e. The van der Waals surface area contributed by atoms with E-state index in [1.54, 1.807) is 12.4 Å². The Morgan fingerprint density at radius 3 is 2.93 bits per heavy atom. The van der Waals surface area contributed by atoms with E-state index in [2.05, 4.69) is 15.3 Å². The lowest BCUT2D eigenvalue weighted by molar-refractivity contribution is 0.0945. The van der Waals surface area contributed by atoms with Gasteiger partial charge in [0, 0.05) is 19.0 Å². The van der Waals surface area contributed by atoms with E-state index in [1.165, 1.54) is 6.42 Å². The molecule has 1 aromatic heterocycles. The Labute approximate surface area is 90.1 Å². The summed E-state index contributed by atoms with van der Waals surface area (Å²) in [6.45, 7) is 0.900. The minimum atomic E-state index is 0.203. The van der Waals surface area contributed by atoms with Gasteiger partial charge in [0.2, 0.25) is 0 Å². The van der Waals surface area contributed by atoms with Crippen molar-refractivity contribution in [1.29, 1.82) is 0 Å². The maximum atomic E-state index is 5.61.